The minimum absolute atomic E-state index is 0.191. The van der Waals surface area contributed by atoms with Crippen molar-refractivity contribution in [3.8, 4) is 17.1 Å². The molecule has 0 aliphatic carbocycles. The van der Waals surface area contributed by atoms with Gasteiger partial charge in [0.2, 0.25) is 5.88 Å². The van der Waals surface area contributed by atoms with Gasteiger partial charge in [0.1, 0.15) is 5.54 Å². The van der Waals surface area contributed by atoms with Crippen molar-refractivity contribution in [1.29, 1.82) is 0 Å². The lowest BCUT2D eigenvalue weighted by Crippen LogP contribution is -2.44. The minimum Gasteiger partial charge on any atom is -0.482 e. The molecule has 9 heteroatoms. The van der Waals surface area contributed by atoms with Gasteiger partial charge in [-0.3, -0.25) is 14.6 Å². The molecule has 0 saturated heterocycles. The van der Waals surface area contributed by atoms with Gasteiger partial charge in [-0.1, -0.05) is 41.4 Å². The van der Waals surface area contributed by atoms with E-state index in [1.807, 2.05) is 18.2 Å². The SMILES string of the molecule is COC1=C(C=O)C=CC(c2ccncc2Cl)(c2cccc(-c3ccc(C=O)c(OC)n3)c2Cl)N1. The molecule has 0 bridgehead atoms. The molecule has 0 fully saturated rings. The zero-order valence-corrected chi connectivity index (χ0v) is 19.7. The van der Waals surface area contributed by atoms with E-state index in [2.05, 4.69) is 15.3 Å². The Balaban J connectivity index is 1.96. The van der Waals surface area contributed by atoms with E-state index in [0.29, 0.717) is 56.1 Å². The van der Waals surface area contributed by atoms with Gasteiger partial charge in [0.25, 0.3) is 0 Å². The minimum atomic E-state index is -1.09. The van der Waals surface area contributed by atoms with E-state index >= 15 is 0 Å². The first-order valence-electron chi connectivity index (χ1n) is 10.1. The Morgan fingerprint density at radius 2 is 1.82 bits per heavy atom. The van der Waals surface area contributed by atoms with Crippen LogP contribution in [0.4, 0.5) is 0 Å². The number of methoxy groups -OCH3 is 2. The molecular weight excluding hydrogens is 477 g/mol. The van der Waals surface area contributed by atoms with Crippen molar-refractivity contribution in [2.75, 3.05) is 14.2 Å². The van der Waals surface area contributed by atoms with Crippen molar-refractivity contribution < 1.29 is 19.1 Å². The molecule has 1 aliphatic heterocycles. The Kier molecular flexibility index (Phi) is 6.68. The van der Waals surface area contributed by atoms with Crippen LogP contribution in [0, 0.1) is 0 Å². The molecular formula is C25H19Cl2N3O4. The Morgan fingerprint density at radius 3 is 2.50 bits per heavy atom. The maximum Gasteiger partial charge on any atom is 0.224 e. The van der Waals surface area contributed by atoms with E-state index < -0.39 is 5.54 Å². The van der Waals surface area contributed by atoms with Gasteiger partial charge in [0, 0.05) is 29.1 Å². The fraction of sp³-hybridized carbons (Fsp3) is 0.120. The van der Waals surface area contributed by atoms with E-state index in [-0.39, 0.29) is 11.8 Å². The normalized spacial score (nSPS) is 17.2. The Bertz CT molecular complexity index is 1340. The van der Waals surface area contributed by atoms with Crippen LogP contribution in [-0.4, -0.2) is 36.8 Å². The summed E-state index contributed by atoms with van der Waals surface area (Å²) in [6.07, 6.45) is 7.97. The number of dihydropyridines is 1. The number of ether oxygens (including phenoxy) is 2. The van der Waals surface area contributed by atoms with Gasteiger partial charge in [-0.25, -0.2) is 4.98 Å². The third-order valence-corrected chi connectivity index (χ3v) is 6.23. The van der Waals surface area contributed by atoms with Crippen LogP contribution in [0.15, 0.2) is 72.4 Å². The van der Waals surface area contributed by atoms with E-state index in [1.165, 1.54) is 20.4 Å². The van der Waals surface area contributed by atoms with E-state index in [4.69, 9.17) is 32.7 Å². The maximum absolute atomic E-state index is 11.6. The first-order valence-corrected chi connectivity index (χ1v) is 10.8. The smallest absolute Gasteiger partial charge is 0.224 e. The molecule has 3 aromatic rings. The summed E-state index contributed by atoms with van der Waals surface area (Å²) in [7, 11) is 2.91. The summed E-state index contributed by atoms with van der Waals surface area (Å²) in [6, 6.07) is 10.6. The molecule has 1 N–H and O–H groups in total. The van der Waals surface area contributed by atoms with E-state index in [9.17, 15) is 9.59 Å². The van der Waals surface area contributed by atoms with Gasteiger partial charge < -0.3 is 14.8 Å². The molecule has 4 rings (SSSR count). The van der Waals surface area contributed by atoms with Crippen LogP contribution in [-0.2, 0) is 15.1 Å². The molecule has 2 aromatic heterocycles. The Labute approximate surface area is 206 Å². The molecule has 0 saturated carbocycles. The number of pyridine rings is 2. The maximum atomic E-state index is 11.6. The van der Waals surface area contributed by atoms with Crippen LogP contribution >= 0.6 is 23.2 Å². The highest BCUT2D eigenvalue weighted by molar-refractivity contribution is 6.34. The molecule has 1 aromatic carbocycles. The number of aldehydes is 2. The highest BCUT2D eigenvalue weighted by atomic mass is 35.5. The third kappa shape index (κ3) is 3.93. The van der Waals surface area contributed by atoms with Crippen LogP contribution in [0.25, 0.3) is 11.3 Å². The van der Waals surface area contributed by atoms with Crippen LogP contribution in [0.5, 0.6) is 5.88 Å². The standard InChI is InChI=1S/C25H19Cl2N3O4/c1-33-23-15(13-31)6-7-21(29-23)17-4-3-5-19(22(17)27)25(18-9-11-28-12-20(18)26)10-8-16(14-32)24(30-25)34-2/h3-14,30H,1-2H3. The number of halogens is 2. The molecule has 0 amide bonds. The van der Waals surface area contributed by atoms with Gasteiger partial charge >= 0.3 is 0 Å². The topological polar surface area (TPSA) is 90.4 Å². The molecule has 172 valence electrons. The van der Waals surface area contributed by atoms with Gasteiger partial charge in [-0.15, -0.1) is 0 Å². The van der Waals surface area contributed by atoms with Crippen molar-refractivity contribution >= 4 is 35.8 Å². The fourth-order valence-corrected chi connectivity index (χ4v) is 4.53. The number of carbonyl (C=O) groups excluding carboxylic acids is 2. The Morgan fingerprint density at radius 1 is 1.00 bits per heavy atom. The van der Waals surface area contributed by atoms with Crippen molar-refractivity contribution in [2.45, 2.75) is 5.54 Å². The second kappa shape index (κ2) is 9.67. The first-order chi connectivity index (χ1) is 16.5. The zero-order chi connectivity index (χ0) is 24.3. The van der Waals surface area contributed by atoms with Gasteiger partial charge in [0.05, 0.1) is 41.1 Å². The predicted octanol–water partition coefficient (Wildman–Crippen LogP) is 4.73. The summed E-state index contributed by atoms with van der Waals surface area (Å²) in [5, 5.41) is 4.07. The first kappa shape index (κ1) is 23.5. The summed E-state index contributed by atoms with van der Waals surface area (Å²) in [5.74, 6) is 0.457. The Hall–Kier alpha value is -3.68. The number of hydrogen-bond donors (Lipinski definition) is 1. The van der Waals surface area contributed by atoms with Crippen molar-refractivity contribution in [3.63, 3.8) is 0 Å². The molecule has 0 radical (unpaired) electrons. The summed E-state index contributed by atoms with van der Waals surface area (Å²) < 4.78 is 10.7. The molecule has 0 spiro atoms. The molecule has 3 heterocycles. The summed E-state index contributed by atoms with van der Waals surface area (Å²) in [6.45, 7) is 0. The van der Waals surface area contributed by atoms with Crippen LogP contribution in [0.3, 0.4) is 0 Å². The zero-order valence-electron chi connectivity index (χ0n) is 18.2. The van der Waals surface area contributed by atoms with Crippen molar-refractivity contribution in [3.05, 3.63) is 99.1 Å². The monoisotopic (exact) mass is 495 g/mol. The van der Waals surface area contributed by atoms with Gasteiger partial charge in [-0.2, -0.15) is 0 Å². The molecule has 34 heavy (non-hydrogen) atoms. The van der Waals surface area contributed by atoms with Crippen LogP contribution in [0.2, 0.25) is 10.0 Å². The number of benzene rings is 1. The number of nitrogens with one attached hydrogen (secondary N) is 1. The third-order valence-electron chi connectivity index (χ3n) is 5.52. The average molecular weight is 496 g/mol. The highest BCUT2D eigenvalue weighted by Gasteiger charge is 2.39. The number of carbonyl (C=O) groups is 2. The lowest BCUT2D eigenvalue weighted by molar-refractivity contribution is -0.104. The number of rotatable bonds is 7. The number of hydrogen-bond acceptors (Lipinski definition) is 7. The molecule has 1 unspecified atom stereocenters. The molecule has 7 nitrogen and oxygen atoms in total. The fourth-order valence-electron chi connectivity index (χ4n) is 3.89. The lowest BCUT2D eigenvalue weighted by Gasteiger charge is -2.38. The van der Waals surface area contributed by atoms with E-state index in [0.717, 1.165) is 0 Å². The van der Waals surface area contributed by atoms with Crippen molar-refractivity contribution in [2.24, 2.45) is 0 Å². The lowest BCUT2D eigenvalue weighted by atomic mass is 9.80. The quantitative estimate of drug-likeness (QED) is 0.473. The number of nitrogens with zero attached hydrogens (tertiary/aromatic N) is 2. The largest absolute Gasteiger partial charge is 0.482 e. The van der Waals surface area contributed by atoms with Crippen LogP contribution < -0.4 is 10.1 Å². The molecule has 1 aliphatic rings. The second-order valence-electron chi connectivity index (χ2n) is 7.31. The highest BCUT2D eigenvalue weighted by Crippen LogP contribution is 2.44. The summed E-state index contributed by atoms with van der Waals surface area (Å²) in [5.41, 5.74) is 1.99. The van der Waals surface area contributed by atoms with Crippen molar-refractivity contribution in [1.82, 2.24) is 15.3 Å². The van der Waals surface area contributed by atoms with Gasteiger partial charge in [-0.05, 0) is 30.4 Å². The van der Waals surface area contributed by atoms with Gasteiger partial charge in [0.15, 0.2) is 18.5 Å². The number of aromatic nitrogens is 2. The van der Waals surface area contributed by atoms with E-state index in [1.54, 1.807) is 36.5 Å². The number of allylic oxidation sites excluding steroid dienone is 2. The average Bonchev–Trinajstić information content (AvgIpc) is 2.88. The summed E-state index contributed by atoms with van der Waals surface area (Å²) in [4.78, 5) is 31.4. The second-order valence-corrected chi connectivity index (χ2v) is 8.09. The van der Waals surface area contributed by atoms with Crippen LogP contribution in [0.1, 0.15) is 21.5 Å². The molecule has 1 atom stereocenters. The predicted molar refractivity (Wildman–Crippen MR) is 129 cm³/mol. The summed E-state index contributed by atoms with van der Waals surface area (Å²) >= 11 is 13.6.